The Morgan fingerprint density at radius 2 is 2.25 bits per heavy atom. The van der Waals surface area contributed by atoms with Gasteiger partial charge in [0.05, 0.1) is 11.2 Å². The summed E-state index contributed by atoms with van der Waals surface area (Å²) in [6.45, 7) is 8.94. The Morgan fingerprint density at radius 1 is 1.44 bits per heavy atom. The Hall–Kier alpha value is -0.410. The standard InChI is InChI=1S/C13H24N2S/c1-4-8-14-9-12(5-2)6-7-13-11(3)15-10-16-13/h10,12,14H,4-9H2,1-3H3. The molecule has 1 heterocycles. The van der Waals surface area contributed by atoms with Crippen molar-refractivity contribution in [1.29, 1.82) is 0 Å². The van der Waals surface area contributed by atoms with Gasteiger partial charge in [0.25, 0.3) is 0 Å². The van der Waals surface area contributed by atoms with Crippen molar-refractivity contribution in [1.82, 2.24) is 10.3 Å². The second-order valence-corrected chi connectivity index (χ2v) is 5.32. The molecule has 0 aliphatic heterocycles. The lowest BCUT2D eigenvalue weighted by molar-refractivity contribution is 0.435. The van der Waals surface area contributed by atoms with Crippen molar-refractivity contribution in [3.8, 4) is 0 Å². The first-order valence-electron chi connectivity index (χ1n) is 6.37. The second kappa shape index (κ2) is 7.80. The maximum absolute atomic E-state index is 4.30. The SMILES string of the molecule is CCCNCC(CC)CCc1scnc1C. The van der Waals surface area contributed by atoms with Crippen LogP contribution in [0, 0.1) is 12.8 Å². The van der Waals surface area contributed by atoms with E-state index < -0.39 is 0 Å². The largest absolute Gasteiger partial charge is 0.316 e. The zero-order valence-electron chi connectivity index (χ0n) is 10.8. The van der Waals surface area contributed by atoms with Crippen LogP contribution in [0.3, 0.4) is 0 Å². The lowest BCUT2D eigenvalue weighted by Gasteiger charge is -2.15. The Morgan fingerprint density at radius 3 is 2.81 bits per heavy atom. The van der Waals surface area contributed by atoms with Gasteiger partial charge in [-0.05, 0) is 45.2 Å². The summed E-state index contributed by atoms with van der Waals surface area (Å²) in [7, 11) is 0. The Balaban J connectivity index is 2.26. The van der Waals surface area contributed by atoms with Crippen LogP contribution in [0.25, 0.3) is 0 Å². The molecular formula is C13H24N2S. The summed E-state index contributed by atoms with van der Waals surface area (Å²) >= 11 is 1.80. The summed E-state index contributed by atoms with van der Waals surface area (Å²) in [6, 6.07) is 0. The fourth-order valence-corrected chi connectivity index (χ4v) is 2.63. The third-order valence-corrected chi connectivity index (χ3v) is 4.06. The monoisotopic (exact) mass is 240 g/mol. The van der Waals surface area contributed by atoms with Gasteiger partial charge in [0.2, 0.25) is 0 Å². The van der Waals surface area contributed by atoms with Gasteiger partial charge in [-0.25, -0.2) is 4.98 Å². The summed E-state index contributed by atoms with van der Waals surface area (Å²) in [5, 5.41) is 3.52. The predicted molar refractivity (Wildman–Crippen MR) is 72.1 cm³/mol. The highest BCUT2D eigenvalue weighted by atomic mass is 32.1. The number of rotatable bonds is 8. The fraction of sp³-hybridized carbons (Fsp3) is 0.769. The maximum atomic E-state index is 4.30. The highest BCUT2D eigenvalue weighted by Crippen LogP contribution is 2.18. The molecule has 3 heteroatoms. The van der Waals surface area contributed by atoms with Crippen LogP contribution in [-0.2, 0) is 6.42 Å². The van der Waals surface area contributed by atoms with Crippen molar-refractivity contribution in [2.24, 2.45) is 5.92 Å². The molecular weight excluding hydrogens is 216 g/mol. The van der Waals surface area contributed by atoms with E-state index in [1.807, 2.05) is 5.51 Å². The van der Waals surface area contributed by atoms with E-state index in [0.717, 1.165) is 12.5 Å². The van der Waals surface area contributed by atoms with E-state index in [0.29, 0.717) is 0 Å². The first-order valence-corrected chi connectivity index (χ1v) is 7.25. The van der Waals surface area contributed by atoms with Crippen molar-refractivity contribution < 1.29 is 0 Å². The number of hydrogen-bond donors (Lipinski definition) is 1. The molecule has 92 valence electrons. The average Bonchev–Trinajstić information content (AvgIpc) is 2.69. The van der Waals surface area contributed by atoms with Crippen molar-refractivity contribution in [2.45, 2.75) is 46.5 Å². The van der Waals surface area contributed by atoms with Gasteiger partial charge in [0.1, 0.15) is 0 Å². The van der Waals surface area contributed by atoms with E-state index in [1.165, 1.54) is 42.8 Å². The Bertz CT molecular complexity index is 283. The molecule has 0 aromatic carbocycles. The molecule has 0 aliphatic rings. The summed E-state index contributed by atoms with van der Waals surface area (Å²) < 4.78 is 0. The lowest BCUT2D eigenvalue weighted by Crippen LogP contribution is -2.23. The van der Waals surface area contributed by atoms with Crippen LogP contribution in [0.1, 0.15) is 43.7 Å². The average molecular weight is 240 g/mol. The molecule has 0 radical (unpaired) electrons. The number of thiazole rings is 1. The Labute approximate surface area is 103 Å². The van der Waals surface area contributed by atoms with Gasteiger partial charge in [-0.1, -0.05) is 20.3 Å². The number of hydrogen-bond acceptors (Lipinski definition) is 3. The molecule has 1 atom stereocenters. The molecule has 1 aromatic rings. The summed E-state index contributed by atoms with van der Waals surface area (Å²) in [5.74, 6) is 0.813. The van der Waals surface area contributed by atoms with Crippen molar-refractivity contribution in [2.75, 3.05) is 13.1 Å². The van der Waals surface area contributed by atoms with Gasteiger partial charge in [-0.3, -0.25) is 0 Å². The summed E-state index contributed by atoms with van der Waals surface area (Å²) in [6.07, 6.45) is 4.98. The Kier molecular flexibility index (Phi) is 6.65. The van der Waals surface area contributed by atoms with Crippen molar-refractivity contribution in [3.05, 3.63) is 16.1 Å². The maximum Gasteiger partial charge on any atom is 0.0797 e. The van der Waals surface area contributed by atoms with Crippen LogP contribution in [0.15, 0.2) is 5.51 Å². The zero-order valence-corrected chi connectivity index (χ0v) is 11.6. The van der Waals surface area contributed by atoms with Gasteiger partial charge in [0, 0.05) is 4.88 Å². The third kappa shape index (κ3) is 4.62. The topological polar surface area (TPSA) is 24.9 Å². The minimum Gasteiger partial charge on any atom is -0.316 e. The highest BCUT2D eigenvalue weighted by Gasteiger charge is 2.08. The number of nitrogens with one attached hydrogen (secondary N) is 1. The van der Waals surface area contributed by atoms with E-state index in [-0.39, 0.29) is 0 Å². The molecule has 2 nitrogen and oxygen atoms in total. The molecule has 1 unspecified atom stereocenters. The molecule has 16 heavy (non-hydrogen) atoms. The van der Waals surface area contributed by atoms with Crippen LogP contribution in [0.5, 0.6) is 0 Å². The molecule has 0 saturated carbocycles. The van der Waals surface area contributed by atoms with Gasteiger partial charge in [-0.2, -0.15) is 0 Å². The molecule has 0 spiro atoms. The quantitative estimate of drug-likeness (QED) is 0.704. The zero-order chi connectivity index (χ0) is 11.8. The molecule has 0 fully saturated rings. The van der Waals surface area contributed by atoms with Crippen LogP contribution in [-0.4, -0.2) is 18.1 Å². The van der Waals surface area contributed by atoms with Gasteiger partial charge in [0.15, 0.2) is 0 Å². The molecule has 0 saturated heterocycles. The van der Waals surface area contributed by atoms with Crippen LogP contribution < -0.4 is 5.32 Å². The normalized spacial score (nSPS) is 12.9. The van der Waals surface area contributed by atoms with Crippen LogP contribution in [0.4, 0.5) is 0 Å². The molecule has 0 amide bonds. The van der Waals surface area contributed by atoms with Crippen LogP contribution >= 0.6 is 11.3 Å². The molecule has 1 rings (SSSR count). The highest BCUT2D eigenvalue weighted by molar-refractivity contribution is 7.09. The number of aromatic nitrogens is 1. The van der Waals surface area contributed by atoms with E-state index in [9.17, 15) is 0 Å². The van der Waals surface area contributed by atoms with Crippen molar-refractivity contribution >= 4 is 11.3 Å². The molecule has 1 aromatic heterocycles. The smallest absolute Gasteiger partial charge is 0.0797 e. The van der Waals surface area contributed by atoms with Crippen molar-refractivity contribution in [3.63, 3.8) is 0 Å². The fourth-order valence-electron chi connectivity index (χ4n) is 1.83. The number of aryl methyl sites for hydroxylation is 2. The van der Waals surface area contributed by atoms with Gasteiger partial charge >= 0.3 is 0 Å². The van der Waals surface area contributed by atoms with Gasteiger partial charge < -0.3 is 5.32 Å². The van der Waals surface area contributed by atoms with E-state index in [2.05, 4.69) is 31.1 Å². The first kappa shape index (κ1) is 13.7. The minimum absolute atomic E-state index is 0.813. The van der Waals surface area contributed by atoms with Gasteiger partial charge in [-0.15, -0.1) is 11.3 Å². The molecule has 0 bridgehead atoms. The minimum atomic E-state index is 0.813. The molecule has 0 aliphatic carbocycles. The number of nitrogens with zero attached hydrogens (tertiary/aromatic N) is 1. The molecule has 1 N–H and O–H groups in total. The van der Waals surface area contributed by atoms with E-state index in [4.69, 9.17) is 0 Å². The predicted octanol–water partition coefficient (Wildman–Crippen LogP) is 3.41. The van der Waals surface area contributed by atoms with E-state index in [1.54, 1.807) is 11.3 Å². The summed E-state index contributed by atoms with van der Waals surface area (Å²) in [4.78, 5) is 5.77. The third-order valence-electron chi connectivity index (χ3n) is 3.06. The van der Waals surface area contributed by atoms with E-state index >= 15 is 0 Å². The van der Waals surface area contributed by atoms with Crippen LogP contribution in [0.2, 0.25) is 0 Å². The first-order chi connectivity index (χ1) is 7.77. The lowest BCUT2D eigenvalue weighted by atomic mass is 9.99. The summed E-state index contributed by atoms with van der Waals surface area (Å²) in [5.41, 5.74) is 3.18. The second-order valence-electron chi connectivity index (χ2n) is 4.38.